The van der Waals surface area contributed by atoms with E-state index in [9.17, 15) is 4.79 Å². The molecule has 5 heteroatoms. The van der Waals surface area contributed by atoms with Gasteiger partial charge in [0.05, 0.1) is 23.0 Å². The van der Waals surface area contributed by atoms with E-state index < -0.39 is 0 Å². The number of fused-ring (bicyclic) bond motifs is 1. The van der Waals surface area contributed by atoms with E-state index in [-0.39, 0.29) is 11.8 Å². The Balaban J connectivity index is 2.00. The number of halogens is 1. The molecule has 17 heavy (non-hydrogen) atoms. The van der Waals surface area contributed by atoms with Crippen molar-refractivity contribution >= 4 is 34.6 Å². The van der Waals surface area contributed by atoms with Crippen LogP contribution in [-0.4, -0.2) is 11.6 Å². The predicted molar refractivity (Wildman–Crippen MR) is 68.1 cm³/mol. The molecule has 0 bridgehead atoms. The van der Waals surface area contributed by atoms with Crippen LogP contribution in [0.3, 0.4) is 0 Å². The Bertz CT molecular complexity index is 526. The largest absolute Gasteiger partial charge is 0.397 e. The Morgan fingerprint density at radius 1 is 1.47 bits per heavy atom. The van der Waals surface area contributed by atoms with Crippen LogP contribution >= 0.6 is 11.6 Å². The molecule has 0 spiro atoms. The number of hydrazone groups is 1. The molecular formula is C12H12ClN3O. The molecule has 1 atom stereocenters. The highest BCUT2D eigenvalue weighted by Crippen LogP contribution is 2.36. The first-order valence-corrected chi connectivity index (χ1v) is 6.01. The maximum absolute atomic E-state index is 12.1. The van der Waals surface area contributed by atoms with Crippen LogP contribution in [0.5, 0.6) is 0 Å². The van der Waals surface area contributed by atoms with E-state index in [4.69, 9.17) is 17.3 Å². The highest BCUT2D eigenvalue weighted by atomic mass is 35.5. The number of hydrogen-bond donors (Lipinski definition) is 1. The molecule has 88 valence electrons. The van der Waals surface area contributed by atoms with Crippen molar-refractivity contribution < 1.29 is 4.79 Å². The molecule has 1 aliphatic heterocycles. The molecule has 1 fully saturated rings. The number of carbonyl (C=O) groups excluding carboxylic acids is 1. The van der Waals surface area contributed by atoms with E-state index in [1.165, 1.54) is 5.01 Å². The SMILES string of the molecule is Nc1cc(Cl)ccc1N1N=C2CCCC2C1=O. The summed E-state index contributed by atoms with van der Waals surface area (Å²) >= 11 is 5.84. The summed E-state index contributed by atoms with van der Waals surface area (Å²) in [6, 6.07) is 5.09. The number of carbonyl (C=O) groups is 1. The van der Waals surface area contributed by atoms with Crippen LogP contribution in [0.1, 0.15) is 19.3 Å². The van der Waals surface area contributed by atoms with Gasteiger partial charge in [-0.2, -0.15) is 10.1 Å². The highest BCUT2D eigenvalue weighted by Gasteiger charge is 2.39. The Kier molecular flexibility index (Phi) is 2.33. The molecule has 1 aliphatic carbocycles. The van der Waals surface area contributed by atoms with Crippen molar-refractivity contribution in [1.82, 2.24) is 0 Å². The number of anilines is 2. The normalized spacial score (nSPS) is 22.9. The van der Waals surface area contributed by atoms with E-state index in [1.807, 2.05) is 0 Å². The van der Waals surface area contributed by atoms with Gasteiger partial charge in [0.25, 0.3) is 5.91 Å². The van der Waals surface area contributed by atoms with Gasteiger partial charge >= 0.3 is 0 Å². The van der Waals surface area contributed by atoms with Gasteiger partial charge in [-0.15, -0.1) is 0 Å². The van der Waals surface area contributed by atoms with Crippen molar-refractivity contribution in [2.45, 2.75) is 19.3 Å². The summed E-state index contributed by atoms with van der Waals surface area (Å²) in [5.41, 5.74) is 7.96. The molecule has 1 unspecified atom stereocenters. The average molecular weight is 250 g/mol. The third-order valence-corrected chi connectivity index (χ3v) is 3.52. The lowest BCUT2D eigenvalue weighted by atomic mass is 10.1. The molecule has 1 saturated carbocycles. The molecule has 4 nitrogen and oxygen atoms in total. The second-order valence-corrected chi connectivity index (χ2v) is 4.83. The van der Waals surface area contributed by atoms with Crippen molar-refractivity contribution in [3.63, 3.8) is 0 Å². The van der Waals surface area contributed by atoms with E-state index >= 15 is 0 Å². The number of benzene rings is 1. The second kappa shape index (κ2) is 3.74. The lowest BCUT2D eigenvalue weighted by molar-refractivity contribution is -0.119. The van der Waals surface area contributed by atoms with Crippen molar-refractivity contribution in [3.05, 3.63) is 23.2 Å². The van der Waals surface area contributed by atoms with Gasteiger partial charge in [0, 0.05) is 5.02 Å². The zero-order valence-corrected chi connectivity index (χ0v) is 9.94. The van der Waals surface area contributed by atoms with Crippen LogP contribution in [0.4, 0.5) is 11.4 Å². The molecule has 1 heterocycles. The van der Waals surface area contributed by atoms with E-state index in [1.54, 1.807) is 18.2 Å². The third kappa shape index (κ3) is 1.60. The van der Waals surface area contributed by atoms with Crippen LogP contribution in [0.25, 0.3) is 0 Å². The highest BCUT2D eigenvalue weighted by molar-refractivity contribution is 6.31. The van der Waals surface area contributed by atoms with Crippen molar-refractivity contribution in [3.8, 4) is 0 Å². The minimum Gasteiger partial charge on any atom is -0.397 e. The fourth-order valence-corrected chi connectivity index (χ4v) is 2.61. The first-order chi connectivity index (χ1) is 8.16. The van der Waals surface area contributed by atoms with Crippen molar-refractivity contribution in [2.75, 3.05) is 10.7 Å². The first kappa shape index (κ1) is 10.6. The van der Waals surface area contributed by atoms with Crippen molar-refractivity contribution in [2.24, 2.45) is 11.0 Å². The Morgan fingerprint density at radius 2 is 2.29 bits per heavy atom. The summed E-state index contributed by atoms with van der Waals surface area (Å²) in [5, 5.41) is 6.35. The van der Waals surface area contributed by atoms with Gasteiger partial charge in [-0.1, -0.05) is 11.6 Å². The smallest absolute Gasteiger partial charge is 0.256 e. The maximum Gasteiger partial charge on any atom is 0.256 e. The molecule has 0 aromatic heterocycles. The molecule has 0 radical (unpaired) electrons. The molecule has 3 rings (SSSR count). The van der Waals surface area contributed by atoms with Gasteiger partial charge in [0.15, 0.2) is 0 Å². The average Bonchev–Trinajstić information content (AvgIpc) is 2.83. The summed E-state index contributed by atoms with van der Waals surface area (Å²) in [5.74, 6) is 0.0107. The molecule has 0 saturated heterocycles. The van der Waals surface area contributed by atoms with Crippen LogP contribution in [0, 0.1) is 5.92 Å². The summed E-state index contributed by atoms with van der Waals surface area (Å²) < 4.78 is 0. The van der Waals surface area contributed by atoms with Crippen LogP contribution in [-0.2, 0) is 4.79 Å². The van der Waals surface area contributed by atoms with Crippen molar-refractivity contribution in [1.29, 1.82) is 0 Å². The number of rotatable bonds is 1. The second-order valence-electron chi connectivity index (χ2n) is 4.39. The molecule has 2 aliphatic rings. The fraction of sp³-hybridized carbons (Fsp3) is 0.333. The maximum atomic E-state index is 12.1. The summed E-state index contributed by atoms with van der Waals surface area (Å²) in [6.07, 6.45) is 2.88. The molecule has 2 N–H and O–H groups in total. The van der Waals surface area contributed by atoms with E-state index in [0.29, 0.717) is 16.4 Å². The van der Waals surface area contributed by atoms with Crippen LogP contribution in [0.15, 0.2) is 23.3 Å². The van der Waals surface area contributed by atoms with Gasteiger partial charge < -0.3 is 5.73 Å². The number of hydrogen-bond acceptors (Lipinski definition) is 3. The van der Waals surface area contributed by atoms with Gasteiger partial charge in [-0.25, -0.2) is 0 Å². The summed E-state index contributed by atoms with van der Waals surface area (Å²) in [6.45, 7) is 0. The number of nitrogens with two attached hydrogens (primary N) is 1. The van der Waals surface area contributed by atoms with Gasteiger partial charge in [-0.3, -0.25) is 4.79 Å². The molecule has 1 aromatic rings. The standard InChI is InChI=1S/C12H12ClN3O/c13-7-4-5-11(9(14)6-7)16-12(17)8-2-1-3-10(8)15-16/h4-6,8H,1-3,14H2. The fourth-order valence-electron chi connectivity index (χ4n) is 2.43. The minimum absolute atomic E-state index is 0.0231. The lowest BCUT2D eigenvalue weighted by Crippen LogP contribution is -2.26. The first-order valence-electron chi connectivity index (χ1n) is 5.63. The number of nitrogens with zero attached hydrogens (tertiary/aromatic N) is 2. The zero-order valence-electron chi connectivity index (χ0n) is 9.19. The number of amides is 1. The molecular weight excluding hydrogens is 238 g/mol. The Morgan fingerprint density at radius 3 is 3.00 bits per heavy atom. The summed E-state index contributed by atoms with van der Waals surface area (Å²) in [4.78, 5) is 12.1. The van der Waals surface area contributed by atoms with Crippen LogP contribution < -0.4 is 10.7 Å². The molecule has 1 aromatic carbocycles. The Labute approximate surface area is 104 Å². The van der Waals surface area contributed by atoms with E-state index in [0.717, 1.165) is 25.0 Å². The van der Waals surface area contributed by atoms with Gasteiger partial charge in [0.2, 0.25) is 0 Å². The quantitative estimate of drug-likeness (QED) is 0.777. The Hall–Kier alpha value is -1.55. The topological polar surface area (TPSA) is 58.7 Å². The zero-order chi connectivity index (χ0) is 12.0. The molecule has 1 amide bonds. The lowest BCUT2D eigenvalue weighted by Gasteiger charge is -2.15. The van der Waals surface area contributed by atoms with Gasteiger partial charge in [0.1, 0.15) is 0 Å². The number of nitrogen functional groups attached to an aromatic ring is 1. The third-order valence-electron chi connectivity index (χ3n) is 3.28. The van der Waals surface area contributed by atoms with Crippen LogP contribution in [0.2, 0.25) is 5.02 Å². The van der Waals surface area contributed by atoms with E-state index in [2.05, 4.69) is 5.10 Å². The van der Waals surface area contributed by atoms with Gasteiger partial charge in [-0.05, 0) is 37.5 Å². The predicted octanol–water partition coefficient (Wildman–Crippen LogP) is 2.42. The summed E-state index contributed by atoms with van der Waals surface area (Å²) in [7, 11) is 0. The minimum atomic E-state index is -0.0231. The monoisotopic (exact) mass is 249 g/mol.